The van der Waals surface area contributed by atoms with E-state index in [1.165, 1.54) is 30.5 Å². The molecule has 33 heavy (non-hydrogen) atoms. The van der Waals surface area contributed by atoms with Crippen LogP contribution in [-0.2, 0) is 4.79 Å². The molecule has 0 spiro atoms. The molecule has 4 rings (SSSR count). The maximum absolute atomic E-state index is 13.1. The lowest BCUT2D eigenvalue weighted by Gasteiger charge is -2.18. The molecule has 4 aromatic rings. The Morgan fingerprint density at radius 3 is 2.33 bits per heavy atom. The standard InChI is InChI=1S/C24H18FN5O3/c25-17-12-10-15(11-13-17)14-26-29-24(33)21(27-22(31)16-6-2-1-3-7-16)20-18-8-4-5-9-19(18)23(32)30-28-20/h1-14,21H,(H,27,31)(H,29,33)(H,30,32)/b26-14-/t21-/m1/s1. The summed E-state index contributed by atoms with van der Waals surface area (Å²) in [6.45, 7) is 0. The second kappa shape index (κ2) is 9.65. The minimum atomic E-state index is -1.26. The zero-order valence-electron chi connectivity index (χ0n) is 17.2. The van der Waals surface area contributed by atoms with Gasteiger partial charge in [-0.25, -0.2) is 14.9 Å². The highest BCUT2D eigenvalue weighted by Crippen LogP contribution is 2.20. The van der Waals surface area contributed by atoms with Gasteiger partial charge in [-0.2, -0.15) is 10.2 Å². The molecule has 0 bridgehead atoms. The number of hydrogen-bond donors (Lipinski definition) is 3. The largest absolute Gasteiger partial charge is 0.335 e. The third kappa shape index (κ3) is 4.99. The number of amides is 2. The molecule has 1 heterocycles. The summed E-state index contributed by atoms with van der Waals surface area (Å²) in [6.07, 6.45) is 1.34. The number of fused-ring (bicyclic) bond motifs is 1. The lowest BCUT2D eigenvalue weighted by Crippen LogP contribution is -2.40. The van der Waals surface area contributed by atoms with Gasteiger partial charge in [-0.3, -0.25) is 14.4 Å². The molecule has 0 aliphatic rings. The van der Waals surface area contributed by atoms with E-state index in [2.05, 4.69) is 26.0 Å². The van der Waals surface area contributed by atoms with Crippen LogP contribution in [0.1, 0.15) is 27.7 Å². The van der Waals surface area contributed by atoms with Crippen LogP contribution >= 0.6 is 0 Å². The Morgan fingerprint density at radius 2 is 1.61 bits per heavy atom. The quantitative estimate of drug-likeness (QED) is 0.314. The number of hydrazone groups is 1. The van der Waals surface area contributed by atoms with E-state index in [1.54, 1.807) is 54.6 Å². The van der Waals surface area contributed by atoms with Gasteiger partial charge < -0.3 is 5.32 Å². The monoisotopic (exact) mass is 443 g/mol. The summed E-state index contributed by atoms with van der Waals surface area (Å²) >= 11 is 0. The molecular weight excluding hydrogens is 425 g/mol. The van der Waals surface area contributed by atoms with E-state index < -0.39 is 29.2 Å². The molecule has 0 aliphatic carbocycles. The molecule has 0 unspecified atom stereocenters. The van der Waals surface area contributed by atoms with Gasteiger partial charge in [0.05, 0.1) is 11.6 Å². The second-order valence-corrected chi connectivity index (χ2v) is 7.04. The van der Waals surface area contributed by atoms with Crippen LogP contribution in [0, 0.1) is 5.82 Å². The highest BCUT2D eigenvalue weighted by atomic mass is 19.1. The van der Waals surface area contributed by atoms with Gasteiger partial charge in [0.2, 0.25) is 0 Å². The van der Waals surface area contributed by atoms with Gasteiger partial charge in [-0.05, 0) is 35.9 Å². The normalized spacial score (nSPS) is 11.9. The van der Waals surface area contributed by atoms with E-state index in [0.717, 1.165) is 0 Å². The average Bonchev–Trinajstić information content (AvgIpc) is 2.85. The lowest BCUT2D eigenvalue weighted by atomic mass is 10.0. The first-order valence-corrected chi connectivity index (χ1v) is 9.94. The van der Waals surface area contributed by atoms with Crippen molar-refractivity contribution in [2.75, 3.05) is 0 Å². The van der Waals surface area contributed by atoms with Crippen molar-refractivity contribution in [3.05, 3.63) is 112 Å². The fourth-order valence-electron chi connectivity index (χ4n) is 3.20. The Morgan fingerprint density at radius 1 is 0.939 bits per heavy atom. The third-order valence-corrected chi connectivity index (χ3v) is 4.83. The molecule has 2 amide bonds. The van der Waals surface area contributed by atoms with E-state index in [0.29, 0.717) is 21.9 Å². The van der Waals surface area contributed by atoms with Crippen molar-refractivity contribution in [3.8, 4) is 0 Å². The van der Waals surface area contributed by atoms with E-state index in [1.807, 2.05) is 0 Å². The maximum Gasteiger partial charge on any atom is 0.272 e. The van der Waals surface area contributed by atoms with E-state index in [4.69, 9.17) is 0 Å². The van der Waals surface area contributed by atoms with Crippen LogP contribution in [0.15, 0.2) is 88.8 Å². The predicted molar refractivity (Wildman–Crippen MR) is 121 cm³/mol. The molecule has 9 heteroatoms. The molecule has 1 atom stereocenters. The average molecular weight is 443 g/mol. The first-order chi connectivity index (χ1) is 16.0. The number of H-pyrrole nitrogens is 1. The summed E-state index contributed by atoms with van der Waals surface area (Å²) in [4.78, 5) is 38.0. The molecule has 0 aliphatic heterocycles. The zero-order valence-corrected chi connectivity index (χ0v) is 17.2. The number of carbonyl (C=O) groups is 2. The number of carbonyl (C=O) groups excluding carboxylic acids is 2. The molecule has 8 nitrogen and oxygen atoms in total. The highest BCUT2D eigenvalue weighted by Gasteiger charge is 2.27. The molecule has 164 valence electrons. The van der Waals surface area contributed by atoms with Crippen LogP contribution in [0.5, 0.6) is 0 Å². The molecule has 0 saturated heterocycles. The van der Waals surface area contributed by atoms with Gasteiger partial charge in [-0.15, -0.1) is 0 Å². The van der Waals surface area contributed by atoms with E-state index >= 15 is 0 Å². The molecule has 0 fully saturated rings. The topological polar surface area (TPSA) is 116 Å². The predicted octanol–water partition coefficient (Wildman–Crippen LogP) is 2.68. The van der Waals surface area contributed by atoms with Crippen LogP contribution in [0.25, 0.3) is 10.8 Å². The van der Waals surface area contributed by atoms with Gasteiger partial charge in [0.15, 0.2) is 6.04 Å². The SMILES string of the molecule is O=C(N[C@@H](C(=O)N/N=C\c1ccc(F)cc1)c1n[nH]c(=O)c2ccccc12)c1ccccc1. The van der Waals surface area contributed by atoms with E-state index in [9.17, 15) is 18.8 Å². The van der Waals surface area contributed by atoms with Crippen molar-refractivity contribution in [2.45, 2.75) is 6.04 Å². The number of hydrogen-bond acceptors (Lipinski definition) is 5. The van der Waals surface area contributed by atoms with Crippen molar-refractivity contribution in [3.63, 3.8) is 0 Å². The van der Waals surface area contributed by atoms with Crippen molar-refractivity contribution >= 4 is 28.8 Å². The number of rotatable bonds is 6. The molecule has 3 N–H and O–H groups in total. The number of nitrogens with zero attached hydrogens (tertiary/aromatic N) is 2. The minimum Gasteiger partial charge on any atom is -0.335 e. The number of halogens is 1. The van der Waals surface area contributed by atoms with Crippen molar-refractivity contribution in [1.29, 1.82) is 0 Å². The fourth-order valence-corrected chi connectivity index (χ4v) is 3.20. The van der Waals surface area contributed by atoms with Crippen molar-refractivity contribution < 1.29 is 14.0 Å². The number of benzene rings is 3. The zero-order chi connectivity index (χ0) is 23.2. The van der Waals surface area contributed by atoms with Crippen molar-refractivity contribution in [1.82, 2.24) is 20.9 Å². The van der Waals surface area contributed by atoms with E-state index in [-0.39, 0.29) is 5.69 Å². The van der Waals surface area contributed by atoms with Crippen molar-refractivity contribution in [2.24, 2.45) is 5.10 Å². The third-order valence-electron chi connectivity index (χ3n) is 4.83. The van der Waals surface area contributed by atoms with Crippen LogP contribution < -0.4 is 16.3 Å². The summed E-state index contributed by atoms with van der Waals surface area (Å²) in [7, 11) is 0. The first kappa shape index (κ1) is 21.6. The van der Waals surface area contributed by atoms with Gasteiger partial charge in [-0.1, -0.05) is 48.5 Å². The molecule has 0 saturated carbocycles. The molecule has 1 aromatic heterocycles. The Hall–Kier alpha value is -4.66. The maximum atomic E-state index is 13.1. The second-order valence-electron chi connectivity index (χ2n) is 7.04. The summed E-state index contributed by atoms with van der Waals surface area (Å²) in [6, 6.07) is 19.3. The summed E-state index contributed by atoms with van der Waals surface area (Å²) < 4.78 is 13.1. The van der Waals surface area contributed by atoms with Gasteiger partial charge in [0, 0.05) is 10.9 Å². The Kier molecular flexibility index (Phi) is 6.31. The lowest BCUT2D eigenvalue weighted by molar-refractivity contribution is -0.123. The van der Waals surface area contributed by atoms with Crippen LogP contribution in [-0.4, -0.2) is 28.2 Å². The summed E-state index contributed by atoms with van der Waals surface area (Å²) in [5, 5.41) is 13.7. The van der Waals surface area contributed by atoms with Crippen LogP contribution in [0.4, 0.5) is 4.39 Å². The summed E-state index contributed by atoms with van der Waals surface area (Å²) in [5.41, 5.74) is 3.02. The Balaban J connectivity index is 1.66. The Bertz CT molecular complexity index is 1380. The number of nitrogens with one attached hydrogen (secondary N) is 3. The summed E-state index contributed by atoms with van der Waals surface area (Å²) in [5.74, 6) is -1.58. The van der Waals surface area contributed by atoms with Gasteiger partial charge >= 0.3 is 0 Å². The van der Waals surface area contributed by atoms with Crippen LogP contribution in [0.3, 0.4) is 0 Å². The molecule has 3 aromatic carbocycles. The minimum absolute atomic E-state index is 0.156. The molecule has 0 radical (unpaired) electrons. The van der Waals surface area contributed by atoms with Crippen LogP contribution in [0.2, 0.25) is 0 Å². The van der Waals surface area contributed by atoms with Gasteiger partial charge in [0.1, 0.15) is 11.5 Å². The first-order valence-electron chi connectivity index (χ1n) is 9.94. The fraction of sp³-hybridized carbons (Fsp3) is 0.0417. The highest BCUT2D eigenvalue weighted by molar-refractivity contribution is 5.99. The number of aromatic amines is 1. The smallest absolute Gasteiger partial charge is 0.272 e. The number of aromatic nitrogens is 2. The van der Waals surface area contributed by atoms with Gasteiger partial charge in [0.25, 0.3) is 17.4 Å². The Labute approximate surface area is 187 Å². The molecular formula is C24H18FN5O3.